The highest BCUT2D eigenvalue weighted by Gasteiger charge is 2.29. The van der Waals surface area contributed by atoms with Gasteiger partial charge in [0.25, 0.3) is 0 Å². The second kappa shape index (κ2) is 4.06. The smallest absolute Gasteiger partial charge is 0.233 e. The van der Waals surface area contributed by atoms with Gasteiger partial charge in [0, 0.05) is 38.2 Å². The van der Waals surface area contributed by atoms with Gasteiger partial charge in [-0.25, -0.2) is 9.97 Å². The number of hydrogen-bond acceptors (Lipinski definition) is 5. The molecule has 17 heavy (non-hydrogen) atoms. The molecule has 0 radical (unpaired) electrons. The Kier molecular flexibility index (Phi) is 2.54. The zero-order chi connectivity index (χ0) is 11.8. The summed E-state index contributed by atoms with van der Waals surface area (Å²) in [7, 11) is 0. The van der Waals surface area contributed by atoms with Crippen molar-refractivity contribution in [3.8, 4) is 0 Å². The summed E-state index contributed by atoms with van der Waals surface area (Å²) in [5.41, 5.74) is 0.894. The molecule has 2 N–H and O–H groups in total. The molecule has 0 spiro atoms. The summed E-state index contributed by atoms with van der Waals surface area (Å²) in [4.78, 5) is 10.5. The third-order valence-electron chi connectivity index (χ3n) is 3.01. The van der Waals surface area contributed by atoms with E-state index in [0.29, 0.717) is 25.4 Å². The Balaban J connectivity index is 1.77. The standard InChI is InChI=1S/C11H14N4O2/c16-9-6-14(7-10(9)17)4-8-5-15-3-1-2-12-11(15)13-8/h1-3,5,9-10,16-17H,4,6-7H2. The van der Waals surface area contributed by atoms with E-state index >= 15 is 0 Å². The Morgan fingerprint density at radius 3 is 2.76 bits per heavy atom. The maximum atomic E-state index is 9.46. The van der Waals surface area contributed by atoms with Gasteiger partial charge in [0.05, 0.1) is 17.9 Å². The first-order chi connectivity index (χ1) is 8.22. The Morgan fingerprint density at radius 1 is 1.29 bits per heavy atom. The van der Waals surface area contributed by atoms with Crippen molar-refractivity contribution in [2.24, 2.45) is 0 Å². The van der Waals surface area contributed by atoms with E-state index in [4.69, 9.17) is 0 Å². The summed E-state index contributed by atoms with van der Waals surface area (Å²) >= 11 is 0. The van der Waals surface area contributed by atoms with Gasteiger partial charge in [-0.05, 0) is 6.07 Å². The summed E-state index contributed by atoms with van der Waals surface area (Å²) in [5, 5.41) is 18.9. The normalized spacial score (nSPS) is 25.8. The molecule has 0 amide bonds. The van der Waals surface area contributed by atoms with Crippen molar-refractivity contribution in [3.63, 3.8) is 0 Å². The van der Waals surface area contributed by atoms with Crippen molar-refractivity contribution in [3.05, 3.63) is 30.4 Å². The number of aliphatic hydroxyl groups is 2. The Bertz CT molecular complexity index is 484. The van der Waals surface area contributed by atoms with Crippen molar-refractivity contribution in [1.82, 2.24) is 19.3 Å². The number of fused-ring (bicyclic) bond motifs is 1. The summed E-state index contributed by atoms with van der Waals surface area (Å²) in [6, 6.07) is 1.85. The molecule has 0 bridgehead atoms. The molecule has 2 aromatic heterocycles. The van der Waals surface area contributed by atoms with Crippen molar-refractivity contribution in [2.45, 2.75) is 18.8 Å². The fourth-order valence-electron chi connectivity index (χ4n) is 2.16. The lowest BCUT2D eigenvalue weighted by Crippen LogP contribution is -2.22. The summed E-state index contributed by atoms with van der Waals surface area (Å²) in [6.07, 6.45) is 4.22. The molecule has 6 nitrogen and oxygen atoms in total. The molecule has 2 aromatic rings. The van der Waals surface area contributed by atoms with Crippen LogP contribution in [-0.4, -0.2) is 54.8 Å². The molecule has 0 aliphatic carbocycles. The van der Waals surface area contributed by atoms with Crippen LogP contribution in [0.4, 0.5) is 0 Å². The molecular formula is C11H14N4O2. The maximum Gasteiger partial charge on any atom is 0.233 e. The van der Waals surface area contributed by atoms with E-state index in [0.717, 1.165) is 5.69 Å². The minimum absolute atomic E-state index is 0.489. The van der Waals surface area contributed by atoms with E-state index in [1.807, 2.05) is 27.8 Å². The number of imidazole rings is 1. The van der Waals surface area contributed by atoms with Gasteiger partial charge in [0.2, 0.25) is 5.78 Å². The van der Waals surface area contributed by atoms with Crippen molar-refractivity contribution in [2.75, 3.05) is 13.1 Å². The Labute approximate surface area is 98.2 Å². The number of hydrogen-bond donors (Lipinski definition) is 2. The molecule has 3 rings (SSSR count). The number of likely N-dealkylation sites (tertiary alicyclic amines) is 1. The van der Waals surface area contributed by atoms with Gasteiger partial charge in [-0.2, -0.15) is 0 Å². The number of aromatic nitrogens is 3. The van der Waals surface area contributed by atoms with E-state index in [2.05, 4.69) is 9.97 Å². The Morgan fingerprint density at radius 2 is 2.06 bits per heavy atom. The number of rotatable bonds is 2. The third kappa shape index (κ3) is 2.02. The molecule has 3 heterocycles. The molecule has 1 aliphatic rings. The number of nitrogens with zero attached hydrogens (tertiary/aromatic N) is 4. The highest BCUT2D eigenvalue weighted by Crippen LogP contribution is 2.13. The van der Waals surface area contributed by atoms with Gasteiger partial charge in [-0.1, -0.05) is 0 Å². The molecule has 0 aromatic carbocycles. The van der Waals surface area contributed by atoms with Crippen LogP contribution in [0.15, 0.2) is 24.7 Å². The molecular weight excluding hydrogens is 220 g/mol. The number of β-amino-alcohol motifs (C(OH)–C–C–N with tert-alkyl or cyclic N) is 2. The third-order valence-corrected chi connectivity index (χ3v) is 3.01. The zero-order valence-corrected chi connectivity index (χ0v) is 9.27. The largest absolute Gasteiger partial charge is 0.389 e. The first-order valence-corrected chi connectivity index (χ1v) is 5.59. The van der Waals surface area contributed by atoms with Crippen molar-refractivity contribution >= 4 is 5.78 Å². The van der Waals surface area contributed by atoms with Crippen LogP contribution < -0.4 is 0 Å². The predicted octanol–water partition coefficient (Wildman–Crippen LogP) is -0.733. The lowest BCUT2D eigenvalue weighted by atomic mass is 10.3. The number of aliphatic hydroxyl groups excluding tert-OH is 2. The maximum absolute atomic E-state index is 9.46. The minimum Gasteiger partial charge on any atom is -0.389 e. The molecule has 2 unspecified atom stereocenters. The van der Waals surface area contributed by atoms with Crippen LogP contribution in [0.25, 0.3) is 5.78 Å². The predicted molar refractivity (Wildman–Crippen MR) is 60.3 cm³/mol. The van der Waals surface area contributed by atoms with E-state index in [-0.39, 0.29) is 0 Å². The fraction of sp³-hybridized carbons (Fsp3) is 0.455. The van der Waals surface area contributed by atoms with Crippen LogP contribution in [-0.2, 0) is 6.54 Å². The van der Waals surface area contributed by atoms with Gasteiger partial charge in [-0.15, -0.1) is 0 Å². The molecule has 2 atom stereocenters. The average Bonchev–Trinajstić information content (AvgIpc) is 2.83. The zero-order valence-electron chi connectivity index (χ0n) is 9.27. The highest BCUT2D eigenvalue weighted by atomic mass is 16.3. The van der Waals surface area contributed by atoms with E-state index in [9.17, 15) is 10.2 Å². The highest BCUT2D eigenvalue weighted by molar-refractivity contribution is 5.29. The average molecular weight is 234 g/mol. The molecule has 6 heteroatoms. The van der Waals surface area contributed by atoms with Crippen LogP contribution >= 0.6 is 0 Å². The van der Waals surface area contributed by atoms with Gasteiger partial charge < -0.3 is 10.2 Å². The van der Waals surface area contributed by atoms with Crippen LogP contribution in [0.2, 0.25) is 0 Å². The molecule has 0 saturated carbocycles. The SMILES string of the molecule is OC1CN(Cc2cn3cccnc3n2)CC1O. The molecule has 1 aliphatic heterocycles. The first kappa shape index (κ1) is 10.6. The van der Waals surface area contributed by atoms with E-state index in [1.54, 1.807) is 6.20 Å². The monoisotopic (exact) mass is 234 g/mol. The van der Waals surface area contributed by atoms with Crippen LogP contribution in [0.5, 0.6) is 0 Å². The Hall–Kier alpha value is -1.50. The van der Waals surface area contributed by atoms with E-state index in [1.165, 1.54) is 0 Å². The minimum atomic E-state index is -0.648. The summed E-state index contributed by atoms with van der Waals surface area (Å²) < 4.78 is 1.86. The first-order valence-electron chi connectivity index (χ1n) is 5.59. The fourth-order valence-corrected chi connectivity index (χ4v) is 2.16. The molecule has 1 fully saturated rings. The molecule has 1 saturated heterocycles. The lowest BCUT2D eigenvalue weighted by molar-refractivity contribution is 0.0572. The molecule has 90 valence electrons. The second-order valence-electron chi connectivity index (χ2n) is 4.39. The summed E-state index contributed by atoms with van der Waals surface area (Å²) in [5.74, 6) is 0.669. The van der Waals surface area contributed by atoms with Gasteiger partial charge >= 0.3 is 0 Å². The second-order valence-corrected chi connectivity index (χ2v) is 4.39. The van der Waals surface area contributed by atoms with Gasteiger partial charge in [-0.3, -0.25) is 9.30 Å². The van der Waals surface area contributed by atoms with Crippen LogP contribution in [0.3, 0.4) is 0 Å². The van der Waals surface area contributed by atoms with Crippen LogP contribution in [0.1, 0.15) is 5.69 Å². The van der Waals surface area contributed by atoms with Crippen LogP contribution in [0, 0.1) is 0 Å². The van der Waals surface area contributed by atoms with Crippen molar-refractivity contribution < 1.29 is 10.2 Å². The summed E-state index contributed by atoms with van der Waals surface area (Å²) in [6.45, 7) is 1.60. The topological polar surface area (TPSA) is 73.9 Å². The lowest BCUT2D eigenvalue weighted by Gasteiger charge is -2.11. The van der Waals surface area contributed by atoms with Crippen molar-refractivity contribution in [1.29, 1.82) is 0 Å². The van der Waals surface area contributed by atoms with E-state index < -0.39 is 12.2 Å². The van der Waals surface area contributed by atoms with Gasteiger partial charge in [0.15, 0.2) is 0 Å². The quantitative estimate of drug-likeness (QED) is 0.716. The van der Waals surface area contributed by atoms with Gasteiger partial charge in [0.1, 0.15) is 0 Å².